The van der Waals surface area contributed by atoms with Gasteiger partial charge in [-0.3, -0.25) is 9.89 Å². The number of nitrogen functional groups attached to an aromatic ring is 1. The van der Waals surface area contributed by atoms with Crippen molar-refractivity contribution < 1.29 is 26.7 Å². The van der Waals surface area contributed by atoms with Crippen LogP contribution in [-0.2, 0) is 22.0 Å². The number of H-pyrrole nitrogens is 1. The van der Waals surface area contributed by atoms with Gasteiger partial charge in [0.25, 0.3) is 5.91 Å². The summed E-state index contributed by atoms with van der Waals surface area (Å²) < 4.78 is 61.5. The summed E-state index contributed by atoms with van der Waals surface area (Å²) in [6.07, 6.45) is 1.89. The standard InChI is InChI=1S/C27H32F2N6O4S/c1-27(2)15-35(40(37,38)20-11-16(28)10-17(29)12-20)14-22-24(27)32-33-25(22)31-26(36)21-5-4-19(13-23(21)30)39-18-6-8-34(3)9-7-18/h4-5,10-13,18H,6-9,14-15,30H2,1-3H3,(H2,31,32,33,36). The fourth-order valence-corrected chi connectivity index (χ4v) is 6.83. The van der Waals surface area contributed by atoms with E-state index in [-0.39, 0.29) is 36.3 Å². The number of nitrogens with zero attached hydrogens (tertiary/aromatic N) is 3. The zero-order valence-electron chi connectivity index (χ0n) is 22.5. The normalized spacial score (nSPS) is 18.3. The summed E-state index contributed by atoms with van der Waals surface area (Å²) >= 11 is 0. The Morgan fingerprint density at radius 3 is 2.48 bits per heavy atom. The molecule has 3 heterocycles. The van der Waals surface area contributed by atoms with Crippen molar-refractivity contribution in [1.82, 2.24) is 19.4 Å². The molecule has 1 saturated heterocycles. The molecule has 0 unspecified atom stereocenters. The number of amides is 1. The lowest BCUT2D eigenvalue weighted by atomic mass is 9.84. The fraction of sp³-hybridized carbons (Fsp3) is 0.407. The van der Waals surface area contributed by atoms with Crippen LogP contribution in [0.1, 0.15) is 48.3 Å². The van der Waals surface area contributed by atoms with Crippen molar-refractivity contribution in [1.29, 1.82) is 0 Å². The van der Waals surface area contributed by atoms with Gasteiger partial charge in [0.05, 0.1) is 10.5 Å². The molecule has 4 N–H and O–H groups in total. The van der Waals surface area contributed by atoms with Crippen LogP contribution in [0.2, 0.25) is 0 Å². The first-order valence-electron chi connectivity index (χ1n) is 12.9. The number of carbonyl (C=O) groups excluding carboxylic acids is 1. The van der Waals surface area contributed by atoms with E-state index in [1.807, 2.05) is 13.8 Å². The van der Waals surface area contributed by atoms with Crippen molar-refractivity contribution in [3.63, 3.8) is 0 Å². The van der Waals surface area contributed by atoms with Gasteiger partial charge in [0.1, 0.15) is 23.5 Å². The number of piperidine rings is 1. The van der Waals surface area contributed by atoms with Gasteiger partial charge in [0.2, 0.25) is 10.0 Å². The van der Waals surface area contributed by atoms with Crippen molar-refractivity contribution in [3.05, 3.63) is 64.9 Å². The Kier molecular flexibility index (Phi) is 7.31. The first-order valence-corrected chi connectivity index (χ1v) is 14.4. The van der Waals surface area contributed by atoms with E-state index < -0.39 is 37.9 Å². The van der Waals surface area contributed by atoms with Crippen molar-refractivity contribution in [2.45, 2.75) is 49.6 Å². The van der Waals surface area contributed by atoms with E-state index >= 15 is 0 Å². The molecular formula is C27H32F2N6O4S. The molecule has 214 valence electrons. The molecule has 0 atom stereocenters. The summed E-state index contributed by atoms with van der Waals surface area (Å²) in [6, 6.07) is 7.05. The summed E-state index contributed by atoms with van der Waals surface area (Å²) in [7, 11) is -2.19. The van der Waals surface area contributed by atoms with Crippen molar-refractivity contribution in [2.24, 2.45) is 0 Å². The Morgan fingerprint density at radius 2 is 1.82 bits per heavy atom. The number of fused-ring (bicyclic) bond motifs is 1. The first-order chi connectivity index (χ1) is 18.8. The third-order valence-corrected chi connectivity index (χ3v) is 9.16. The molecule has 10 nitrogen and oxygen atoms in total. The summed E-state index contributed by atoms with van der Waals surface area (Å²) in [4.78, 5) is 14.9. The maximum absolute atomic E-state index is 13.8. The smallest absolute Gasteiger partial charge is 0.258 e. The number of likely N-dealkylation sites (tertiary alicyclic amines) is 1. The lowest BCUT2D eigenvalue weighted by molar-refractivity contribution is 0.102. The molecule has 2 aromatic carbocycles. The Hall–Kier alpha value is -3.55. The van der Waals surface area contributed by atoms with Gasteiger partial charge in [-0.15, -0.1) is 0 Å². The van der Waals surface area contributed by atoms with E-state index in [2.05, 4.69) is 27.5 Å². The van der Waals surface area contributed by atoms with Crippen LogP contribution >= 0.6 is 0 Å². The van der Waals surface area contributed by atoms with E-state index in [9.17, 15) is 22.0 Å². The van der Waals surface area contributed by atoms with Crippen LogP contribution in [0.5, 0.6) is 5.75 Å². The van der Waals surface area contributed by atoms with E-state index in [0.29, 0.717) is 23.1 Å². The molecule has 0 saturated carbocycles. The molecule has 0 bridgehead atoms. The number of aromatic amines is 1. The number of nitrogens with one attached hydrogen (secondary N) is 2. The Balaban J connectivity index is 1.35. The molecule has 2 aliphatic heterocycles. The number of benzene rings is 2. The number of anilines is 2. The van der Waals surface area contributed by atoms with Crippen LogP contribution in [0.4, 0.5) is 20.3 Å². The monoisotopic (exact) mass is 574 g/mol. The molecule has 0 spiro atoms. The van der Waals surface area contributed by atoms with Crippen LogP contribution in [0, 0.1) is 11.6 Å². The van der Waals surface area contributed by atoms with Gasteiger partial charge in [-0.25, -0.2) is 17.2 Å². The van der Waals surface area contributed by atoms with Gasteiger partial charge in [-0.2, -0.15) is 9.40 Å². The summed E-state index contributed by atoms with van der Waals surface area (Å²) in [5.74, 6) is -1.79. The van der Waals surface area contributed by atoms with Crippen molar-refractivity contribution in [2.75, 3.05) is 37.7 Å². The van der Waals surface area contributed by atoms with E-state index in [4.69, 9.17) is 10.5 Å². The highest BCUT2D eigenvalue weighted by Gasteiger charge is 2.41. The molecule has 3 aromatic rings. The van der Waals surface area contributed by atoms with Crippen molar-refractivity contribution in [3.8, 4) is 5.75 Å². The van der Waals surface area contributed by atoms with Gasteiger partial charge in [-0.1, -0.05) is 13.8 Å². The third kappa shape index (κ3) is 5.54. The molecule has 0 aliphatic carbocycles. The van der Waals surface area contributed by atoms with Gasteiger partial charge in [0, 0.05) is 60.7 Å². The minimum absolute atomic E-state index is 0.0295. The molecule has 0 radical (unpaired) electrons. The molecule has 13 heteroatoms. The van der Waals surface area contributed by atoms with Crippen LogP contribution in [0.15, 0.2) is 41.3 Å². The highest BCUT2D eigenvalue weighted by atomic mass is 32.2. The third-order valence-electron chi connectivity index (χ3n) is 7.39. The predicted octanol–water partition coefficient (Wildman–Crippen LogP) is 3.48. The van der Waals surface area contributed by atoms with E-state index in [0.717, 1.165) is 42.4 Å². The number of ether oxygens (including phenoxy) is 1. The molecule has 5 rings (SSSR count). The van der Waals surface area contributed by atoms with E-state index in [1.165, 1.54) is 0 Å². The molecule has 1 aromatic heterocycles. The minimum atomic E-state index is -4.26. The molecule has 1 fully saturated rings. The summed E-state index contributed by atoms with van der Waals surface area (Å²) in [6.45, 7) is 5.38. The Labute approximate surface area is 231 Å². The van der Waals surface area contributed by atoms with Crippen molar-refractivity contribution >= 4 is 27.4 Å². The lowest BCUT2D eigenvalue weighted by Crippen LogP contribution is -2.45. The maximum atomic E-state index is 13.8. The van der Waals surface area contributed by atoms with Gasteiger partial charge >= 0.3 is 0 Å². The largest absolute Gasteiger partial charge is 0.490 e. The highest BCUT2D eigenvalue weighted by Crippen LogP contribution is 2.38. The number of nitrogens with two attached hydrogens (primary N) is 1. The van der Waals surface area contributed by atoms with Gasteiger partial charge in [0.15, 0.2) is 5.82 Å². The van der Waals surface area contributed by atoms with Crippen LogP contribution in [0.25, 0.3) is 0 Å². The average molecular weight is 575 g/mol. The summed E-state index contributed by atoms with van der Waals surface area (Å²) in [5, 5.41) is 9.89. The van der Waals surface area contributed by atoms with Crippen LogP contribution in [0.3, 0.4) is 0 Å². The van der Waals surface area contributed by atoms with Crippen LogP contribution in [-0.4, -0.2) is 66.5 Å². The second-order valence-corrected chi connectivity index (χ2v) is 12.9. The van der Waals surface area contributed by atoms with Gasteiger partial charge in [-0.05, 0) is 44.2 Å². The average Bonchev–Trinajstić information content (AvgIpc) is 3.28. The zero-order valence-corrected chi connectivity index (χ0v) is 23.3. The highest BCUT2D eigenvalue weighted by molar-refractivity contribution is 7.89. The fourth-order valence-electron chi connectivity index (χ4n) is 5.22. The number of hydrogen-bond acceptors (Lipinski definition) is 7. The number of hydrogen-bond donors (Lipinski definition) is 3. The minimum Gasteiger partial charge on any atom is -0.490 e. The molecule has 1 amide bonds. The second kappa shape index (κ2) is 10.5. The lowest BCUT2D eigenvalue weighted by Gasteiger charge is -2.36. The quantitative estimate of drug-likeness (QED) is 0.384. The number of halogens is 2. The number of aromatic nitrogens is 2. The number of sulfonamides is 1. The molecule has 40 heavy (non-hydrogen) atoms. The summed E-state index contributed by atoms with van der Waals surface area (Å²) in [5.41, 5.74) is 6.99. The maximum Gasteiger partial charge on any atom is 0.258 e. The number of carbonyl (C=O) groups is 1. The Bertz CT molecular complexity index is 1530. The SMILES string of the molecule is CN1CCC(Oc2ccc(C(=O)Nc3n[nH]c4c3CN(S(=O)(=O)c3cc(F)cc(F)c3)CC4(C)C)c(N)c2)CC1. The second-order valence-electron chi connectivity index (χ2n) is 11.0. The topological polar surface area (TPSA) is 134 Å². The predicted molar refractivity (Wildman–Crippen MR) is 146 cm³/mol. The van der Waals surface area contributed by atoms with Crippen LogP contribution < -0.4 is 15.8 Å². The van der Waals surface area contributed by atoms with Gasteiger partial charge < -0.3 is 20.7 Å². The first kappa shape index (κ1) is 28.0. The Morgan fingerprint density at radius 1 is 1.15 bits per heavy atom. The molecular weight excluding hydrogens is 542 g/mol. The molecule has 2 aliphatic rings. The zero-order chi connectivity index (χ0) is 28.8. The van der Waals surface area contributed by atoms with E-state index in [1.54, 1.807) is 18.2 Å². The number of rotatable bonds is 6.